The van der Waals surface area contributed by atoms with Crippen molar-refractivity contribution < 1.29 is 9.15 Å². The first-order valence-electron chi connectivity index (χ1n) is 8.60. The number of nitrogens with zero attached hydrogens (tertiary/aromatic N) is 2. The highest BCUT2D eigenvalue weighted by molar-refractivity contribution is 5.67. The van der Waals surface area contributed by atoms with Gasteiger partial charge in [-0.3, -0.25) is 4.90 Å². The van der Waals surface area contributed by atoms with Crippen LogP contribution in [0.25, 0.3) is 11.1 Å². The normalized spacial score (nSPS) is 31.4. The summed E-state index contributed by atoms with van der Waals surface area (Å²) >= 11 is 0. The van der Waals surface area contributed by atoms with E-state index < -0.39 is 0 Å². The van der Waals surface area contributed by atoms with Crippen LogP contribution >= 0.6 is 0 Å². The molecule has 0 aliphatic carbocycles. The standard InChI is InChI=1S/C19H22N2O2/c1-12-13(2)22-10-17(12)15-7-14-8-19(23-18(14)20-9-15)11-21-5-3-16(19)4-6-21/h7,9-10,16H,3-6,8,11H2,1-2H3/t19-/m0/s1. The molecule has 120 valence electrons. The third-order valence-electron chi connectivity index (χ3n) is 6.13. The number of aromatic nitrogens is 1. The van der Waals surface area contributed by atoms with Crippen molar-refractivity contribution in [2.24, 2.45) is 5.92 Å². The second-order valence-electron chi connectivity index (χ2n) is 7.41. The number of fused-ring (bicyclic) bond motifs is 3. The third kappa shape index (κ3) is 1.91. The topological polar surface area (TPSA) is 38.5 Å². The van der Waals surface area contributed by atoms with Crippen LogP contribution in [-0.2, 0) is 6.42 Å². The molecule has 4 aliphatic rings. The summed E-state index contributed by atoms with van der Waals surface area (Å²) in [6.45, 7) is 7.64. The molecule has 3 saturated heterocycles. The number of piperidine rings is 3. The van der Waals surface area contributed by atoms with Crippen LogP contribution in [0.5, 0.6) is 5.88 Å². The van der Waals surface area contributed by atoms with Gasteiger partial charge in [-0.15, -0.1) is 0 Å². The van der Waals surface area contributed by atoms with Crippen molar-refractivity contribution in [2.45, 2.75) is 38.7 Å². The first kappa shape index (κ1) is 13.6. The lowest BCUT2D eigenvalue weighted by Gasteiger charge is -2.50. The number of furan rings is 1. The molecule has 6 rings (SSSR count). The molecule has 2 bridgehead atoms. The van der Waals surface area contributed by atoms with Gasteiger partial charge in [-0.25, -0.2) is 4.98 Å². The van der Waals surface area contributed by atoms with Gasteiger partial charge in [0.05, 0.1) is 6.26 Å². The third-order valence-corrected chi connectivity index (χ3v) is 6.13. The Morgan fingerprint density at radius 3 is 2.74 bits per heavy atom. The Hall–Kier alpha value is -1.81. The molecule has 4 heteroatoms. The van der Waals surface area contributed by atoms with Gasteiger partial charge in [0.15, 0.2) is 0 Å². The van der Waals surface area contributed by atoms with Crippen molar-refractivity contribution in [2.75, 3.05) is 19.6 Å². The van der Waals surface area contributed by atoms with Crippen LogP contribution in [0.3, 0.4) is 0 Å². The summed E-state index contributed by atoms with van der Waals surface area (Å²) in [6, 6.07) is 2.26. The molecule has 0 N–H and O–H groups in total. The molecule has 6 heterocycles. The fourth-order valence-electron chi connectivity index (χ4n) is 4.65. The smallest absolute Gasteiger partial charge is 0.217 e. The Morgan fingerprint density at radius 2 is 2.09 bits per heavy atom. The number of pyridine rings is 1. The van der Waals surface area contributed by atoms with Crippen molar-refractivity contribution in [1.82, 2.24) is 9.88 Å². The molecule has 0 saturated carbocycles. The first-order valence-corrected chi connectivity index (χ1v) is 8.60. The van der Waals surface area contributed by atoms with Crippen LogP contribution in [0, 0.1) is 19.8 Å². The number of ether oxygens (including phenoxy) is 1. The number of hydrogen-bond acceptors (Lipinski definition) is 4. The summed E-state index contributed by atoms with van der Waals surface area (Å²) in [5.74, 6) is 2.51. The number of rotatable bonds is 1. The van der Waals surface area contributed by atoms with Gasteiger partial charge >= 0.3 is 0 Å². The highest BCUT2D eigenvalue weighted by atomic mass is 16.5. The minimum Gasteiger partial charge on any atom is -0.469 e. The average molecular weight is 310 g/mol. The molecular weight excluding hydrogens is 288 g/mol. The van der Waals surface area contributed by atoms with Crippen LogP contribution in [-0.4, -0.2) is 35.1 Å². The Balaban J connectivity index is 1.51. The molecule has 2 aromatic rings. The molecule has 4 aliphatic heterocycles. The number of aryl methyl sites for hydroxylation is 1. The molecule has 0 amide bonds. The van der Waals surface area contributed by atoms with Gasteiger partial charge in [0.25, 0.3) is 0 Å². The zero-order valence-corrected chi connectivity index (χ0v) is 13.8. The SMILES string of the molecule is Cc1occ(-c2cnc3c(c2)C[C@@]2(CN4CCC2CC4)O3)c1C. The van der Waals surface area contributed by atoms with Crippen molar-refractivity contribution in [3.05, 3.63) is 35.4 Å². The largest absolute Gasteiger partial charge is 0.469 e. The van der Waals surface area contributed by atoms with Gasteiger partial charge in [-0.05, 0) is 51.4 Å². The van der Waals surface area contributed by atoms with Crippen molar-refractivity contribution in [1.29, 1.82) is 0 Å². The van der Waals surface area contributed by atoms with E-state index in [2.05, 4.69) is 22.9 Å². The van der Waals surface area contributed by atoms with E-state index in [1.54, 1.807) is 0 Å². The second-order valence-corrected chi connectivity index (χ2v) is 7.41. The molecule has 0 radical (unpaired) electrons. The lowest BCUT2D eigenvalue weighted by atomic mass is 9.73. The maximum atomic E-state index is 6.42. The zero-order valence-electron chi connectivity index (χ0n) is 13.8. The van der Waals surface area contributed by atoms with Crippen molar-refractivity contribution in [3.63, 3.8) is 0 Å². The molecule has 0 unspecified atom stereocenters. The molecular formula is C19H22N2O2. The van der Waals surface area contributed by atoms with E-state index in [1.165, 1.54) is 37.1 Å². The minimum absolute atomic E-state index is 0.0220. The van der Waals surface area contributed by atoms with Gasteiger partial charge in [0.2, 0.25) is 5.88 Å². The fraction of sp³-hybridized carbons (Fsp3) is 0.526. The van der Waals surface area contributed by atoms with Crippen molar-refractivity contribution >= 4 is 0 Å². The lowest BCUT2D eigenvalue weighted by Crippen LogP contribution is -2.61. The predicted octanol–water partition coefficient (Wildman–Crippen LogP) is 3.36. The molecule has 23 heavy (non-hydrogen) atoms. The summed E-state index contributed by atoms with van der Waals surface area (Å²) in [4.78, 5) is 7.19. The van der Waals surface area contributed by atoms with E-state index in [9.17, 15) is 0 Å². The van der Waals surface area contributed by atoms with E-state index in [0.29, 0.717) is 5.92 Å². The maximum Gasteiger partial charge on any atom is 0.217 e. The van der Waals surface area contributed by atoms with Crippen LogP contribution in [0.15, 0.2) is 22.9 Å². The zero-order chi connectivity index (χ0) is 15.6. The molecule has 1 spiro atoms. The van der Waals surface area contributed by atoms with Gasteiger partial charge in [-0.2, -0.15) is 0 Å². The highest BCUT2D eigenvalue weighted by Crippen LogP contribution is 2.46. The number of hydrogen-bond donors (Lipinski definition) is 0. The van der Waals surface area contributed by atoms with Gasteiger partial charge in [0, 0.05) is 41.8 Å². The summed E-state index contributed by atoms with van der Waals surface area (Å²) in [7, 11) is 0. The highest BCUT2D eigenvalue weighted by Gasteiger charge is 2.52. The van der Waals surface area contributed by atoms with Gasteiger partial charge in [-0.1, -0.05) is 0 Å². The predicted molar refractivity (Wildman–Crippen MR) is 87.6 cm³/mol. The minimum atomic E-state index is -0.0220. The van der Waals surface area contributed by atoms with Crippen molar-refractivity contribution in [3.8, 4) is 17.0 Å². The van der Waals surface area contributed by atoms with Crippen LogP contribution in [0.1, 0.15) is 29.7 Å². The van der Waals surface area contributed by atoms with E-state index in [0.717, 1.165) is 35.7 Å². The Bertz CT molecular complexity index is 774. The lowest BCUT2D eigenvalue weighted by molar-refractivity contribution is -0.0814. The van der Waals surface area contributed by atoms with Crippen LogP contribution < -0.4 is 4.74 Å². The Morgan fingerprint density at radius 1 is 1.26 bits per heavy atom. The average Bonchev–Trinajstić information content (AvgIpc) is 3.08. The van der Waals surface area contributed by atoms with E-state index >= 15 is 0 Å². The molecule has 2 aromatic heterocycles. The van der Waals surface area contributed by atoms with E-state index in [4.69, 9.17) is 9.15 Å². The second kappa shape index (κ2) is 4.60. The molecule has 0 aromatic carbocycles. The van der Waals surface area contributed by atoms with Gasteiger partial charge < -0.3 is 9.15 Å². The first-order chi connectivity index (χ1) is 11.1. The molecule has 4 nitrogen and oxygen atoms in total. The van der Waals surface area contributed by atoms with Crippen LogP contribution in [0.4, 0.5) is 0 Å². The maximum absolute atomic E-state index is 6.42. The fourth-order valence-corrected chi connectivity index (χ4v) is 4.65. The summed E-state index contributed by atoms with van der Waals surface area (Å²) in [5, 5.41) is 0. The Kier molecular flexibility index (Phi) is 2.72. The van der Waals surface area contributed by atoms with E-state index in [1.807, 2.05) is 19.4 Å². The Labute approximate surface area is 136 Å². The van der Waals surface area contributed by atoms with Gasteiger partial charge in [0.1, 0.15) is 11.4 Å². The summed E-state index contributed by atoms with van der Waals surface area (Å²) < 4.78 is 12.0. The van der Waals surface area contributed by atoms with Crippen LogP contribution in [0.2, 0.25) is 0 Å². The van der Waals surface area contributed by atoms with E-state index in [-0.39, 0.29) is 5.60 Å². The summed E-state index contributed by atoms with van der Waals surface area (Å²) in [6.07, 6.45) is 7.30. The molecule has 3 fully saturated rings. The summed E-state index contributed by atoms with van der Waals surface area (Å²) in [5.41, 5.74) is 4.72. The monoisotopic (exact) mass is 310 g/mol. The molecule has 1 atom stereocenters. The quantitative estimate of drug-likeness (QED) is 0.809.